The van der Waals surface area contributed by atoms with Gasteiger partial charge >= 0.3 is 0 Å². The number of amides is 1. The Morgan fingerprint density at radius 1 is 1.24 bits per heavy atom. The summed E-state index contributed by atoms with van der Waals surface area (Å²) < 4.78 is 11.1. The molecule has 1 aliphatic carbocycles. The summed E-state index contributed by atoms with van der Waals surface area (Å²) in [4.78, 5) is 14.8. The van der Waals surface area contributed by atoms with Gasteiger partial charge in [-0.2, -0.15) is 0 Å². The van der Waals surface area contributed by atoms with Crippen LogP contribution in [0.1, 0.15) is 36.0 Å². The number of hydrogen-bond donors (Lipinski definition) is 0. The van der Waals surface area contributed by atoms with Crippen LogP contribution in [0, 0.1) is 0 Å². The van der Waals surface area contributed by atoms with Crippen LogP contribution >= 0.6 is 15.9 Å². The summed E-state index contributed by atoms with van der Waals surface area (Å²) in [5.74, 6) is 1.52. The minimum atomic E-state index is 0.109. The van der Waals surface area contributed by atoms with E-state index in [1.807, 2.05) is 23.1 Å². The fraction of sp³-hybridized carbons (Fsp3) is 0.562. The van der Waals surface area contributed by atoms with Gasteiger partial charge in [-0.15, -0.1) is 0 Å². The van der Waals surface area contributed by atoms with Crippen molar-refractivity contribution in [3.8, 4) is 11.5 Å². The van der Waals surface area contributed by atoms with Gasteiger partial charge in [0.1, 0.15) is 13.2 Å². The highest BCUT2D eigenvalue weighted by Crippen LogP contribution is 2.32. The van der Waals surface area contributed by atoms with E-state index in [1.54, 1.807) is 0 Å². The smallest absolute Gasteiger partial charge is 0.254 e. The molecule has 0 spiro atoms. The third-order valence-corrected chi connectivity index (χ3v) is 4.66. The minimum Gasteiger partial charge on any atom is -0.486 e. The van der Waals surface area contributed by atoms with Gasteiger partial charge in [0.25, 0.3) is 5.91 Å². The van der Waals surface area contributed by atoms with E-state index in [4.69, 9.17) is 9.47 Å². The Morgan fingerprint density at radius 2 is 2.00 bits per heavy atom. The number of benzene rings is 1. The van der Waals surface area contributed by atoms with Crippen LogP contribution in [0.15, 0.2) is 18.2 Å². The number of fused-ring (bicyclic) bond motifs is 1. The summed E-state index contributed by atoms with van der Waals surface area (Å²) in [6.07, 6.45) is 4.45. The lowest BCUT2D eigenvalue weighted by Crippen LogP contribution is -2.44. The van der Waals surface area contributed by atoms with Crippen LogP contribution in [0.25, 0.3) is 0 Å². The molecule has 0 aromatic heterocycles. The molecular weight excluding hydrogens is 334 g/mol. The van der Waals surface area contributed by atoms with Crippen molar-refractivity contribution >= 4 is 21.8 Å². The Hall–Kier alpha value is -1.23. The quantitative estimate of drug-likeness (QED) is 0.762. The third-order valence-electron chi connectivity index (χ3n) is 4.10. The molecule has 2 aliphatic rings. The van der Waals surface area contributed by atoms with Gasteiger partial charge in [0.15, 0.2) is 11.5 Å². The minimum absolute atomic E-state index is 0.109. The van der Waals surface area contributed by atoms with E-state index in [0.29, 0.717) is 30.6 Å². The van der Waals surface area contributed by atoms with Crippen molar-refractivity contribution in [3.63, 3.8) is 0 Å². The maximum atomic E-state index is 12.8. The number of rotatable bonds is 5. The Balaban J connectivity index is 1.78. The van der Waals surface area contributed by atoms with Crippen molar-refractivity contribution in [1.82, 2.24) is 4.90 Å². The predicted octanol–water partition coefficient (Wildman–Crippen LogP) is 3.24. The second kappa shape index (κ2) is 6.69. The molecule has 4 nitrogen and oxygen atoms in total. The van der Waals surface area contributed by atoms with Gasteiger partial charge in [-0.1, -0.05) is 15.9 Å². The van der Waals surface area contributed by atoms with Crippen molar-refractivity contribution in [2.45, 2.75) is 31.7 Å². The van der Waals surface area contributed by atoms with Gasteiger partial charge in [-0.05, 0) is 43.9 Å². The molecule has 1 amide bonds. The first-order valence-corrected chi connectivity index (χ1v) is 8.68. The highest BCUT2D eigenvalue weighted by atomic mass is 79.9. The van der Waals surface area contributed by atoms with E-state index < -0.39 is 0 Å². The van der Waals surface area contributed by atoms with Crippen LogP contribution in [0.4, 0.5) is 0 Å². The second-order valence-electron chi connectivity index (χ2n) is 5.48. The Bertz CT molecular complexity index is 516. The fourth-order valence-electron chi connectivity index (χ4n) is 2.72. The van der Waals surface area contributed by atoms with E-state index in [0.717, 1.165) is 36.9 Å². The van der Waals surface area contributed by atoms with Gasteiger partial charge < -0.3 is 14.4 Å². The molecule has 21 heavy (non-hydrogen) atoms. The molecule has 1 aromatic rings. The largest absolute Gasteiger partial charge is 0.486 e. The highest BCUT2D eigenvalue weighted by Gasteiger charge is 2.29. The van der Waals surface area contributed by atoms with Gasteiger partial charge in [0, 0.05) is 23.5 Å². The van der Waals surface area contributed by atoms with Crippen LogP contribution in [0.5, 0.6) is 11.5 Å². The Morgan fingerprint density at radius 3 is 2.67 bits per heavy atom. The summed E-state index contributed by atoms with van der Waals surface area (Å²) in [5, 5.41) is 0.921. The predicted molar refractivity (Wildman–Crippen MR) is 84.5 cm³/mol. The van der Waals surface area contributed by atoms with E-state index >= 15 is 0 Å². The summed E-state index contributed by atoms with van der Waals surface area (Å²) in [5.41, 5.74) is 0.695. The Labute approximate surface area is 133 Å². The van der Waals surface area contributed by atoms with Crippen molar-refractivity contribution in [2.75, 3.05) is 25.1 Å². The molecule has 1 aliphatic heterocycles. The van der Waals surface area contributed by atoms with Crippen molar-refractivity contribution in [3.05, 3.63) is 23.8 Å². The SMILES string of the molecule is O=C(c1ccc2c(c1)OCCO2)N(CCCBr)C1CCC1. The zero-order chi connectivity index (χ0) is 14.7. The van der Waals surface area contributed by atoms with Gasteiger partial charge in [0.05, 0.1) is 0 Å². The van der Waals surface area contributed by atoms with E-state index in [-0.39, 0.29) is 5.91 Å². The molecule has 1 saturated carbocycles. The van der Waals surface area contributed by atoms with Gasteiger partial charge in [-0.3, -0.25) is 4.79 Å². The maximum Gasteiger partial charge on any atom is 0.254 e. The van der Waals surface area contributed by atoms with Crippen LogP contribution in [0.2, 0.25) is 0 Å². The lowest BCUT2D eigenvalue weighted by atomic mass is 9.90. The third kappa shape index (κ3) is 3.18. The standard InChI is InChI=1S/C16H20BrNO3/c17-7-2-8-18(13-3-1-4-13)16(19)12-5-6-14-15(11-12)21-10-9-20-14/h5-6,11,13H,1-4,7-10H2. The zero-order valence-electron chi connectivity index (χ0n) is 12.0. The van der Waals surface area contributed by atoms with Gasteiger partial charge in [-0.25, -0.2) is 0 Å². The molecule has 1 fully saturated rings. The molecule has 1 heterocycles. The number of carbonyl (C=O) groups excluding carboxylic acids is 1. The monoisotopic (exact) mass is 353 g/mol. The van der Waals surface area contributed by atoms with Crippen molar-refractivity contribution in [1.29, 1.82) is 0 Å². The van der Waals surface area contributed by atoms with Gasteiger partial charge in [0.2, 0.25) is 0 Å². The normalized spacial score (nSPS) is 17.2. The maximum absolute atomic E-state index is 12.8. The molecule has 0 atom stereocenters. The number of nitrogens with zero attached hydrogens (tertiary/aromatic N) is 1. The van der Waals surface area contributed by atoms with Crippen LogP contribution in [0.3, 0.4) is 0 Å². The number of alkyl halides is 1. The molecule has 3 rings (SSSR count). The first-order chi connectivity index (χ1) is 10.3. The van der Waals surface area contributed by atoms with Crippen LogP contribution < -0.4 is 9.47 Å². The fourth-order valence-corrected chi connectivity index (χ4v) is 2.97. The van der Waals surface area contributed by atoms with Crippen LogP contribution in [-0.4, -0.2) is 41.9 Å². The lowest BCUT2D eigenvalue weighted by molar-refractivity contribution is 0.0580. The summed E-state index contributed by atoms with van der Waals surface area (Å²) >= 11 is 3.45. The number of carbonyl (C=O) groups is 1. The molecule has 0 N–H and O–H groups in total. The number of halogens is 1. The molecule has 0 unspecified atom stereocenters. The van der Waals surface area contributed by atoms with Crippen LogP contribution in [-0.2, 0) is 0 Å². The molecule has 5 heteroatoms. The molecule has 0 radical (unpaired) electrons. The van der Waals surface area contributed by atoms with E-state index in [1.165, 1.54) is 6.42 Å². The first kappa shape index (κ1) is 14.7. The Kier molecular flexibility index (Phi) is 4.68. The average molecular weight is 354 g/mol. The molecule has 0 saturated heterocycles. The highest BCUT2D eigenvalue weighted by molar-refractivity contribution is 9.09. The molecule has 1 aromatic carbocycles. The molecular formula is C16H20BrNO3. The van der Waals surface area contributed by atoms with Crippen molar-refractivity contribution in [2.24, 2.45) is 0 Å². The summed E-state index contributed by atoms with van der Waals surface area (Å²) in [6, 6.07) is 5.90. The molecule has 0 bridgehead atoms. The number of ether oxygens (including phenoxy) is 2. The summed E-state index contributed by atoms with van der Waals surface area (Å²) in [7, 11) is 0. The zero-order valence-corrected chi connectivity index (χ0v) is 13.6. The summed E-state index contributed by atoms with van der Waals surface area (Å²) in [6.45, 7) is 1.92. The van der Waals surface area contributed by atoms with Crippen molar-refractivity contribution < 1.29 is 14.3 Å². The average Bonchev–Trinajstić information content (AvgIpc) is 2.48. The lowest BCUT2D eigenvalue weighted by Gasteiger charge is -2.37. The first-order valence-electron chi connectivity index (χ1n) is 7.56. The molecule has 114 valence electrons. The second-order valence-corrected chi connectivity index (χ2v) is 6.28. The van der Waals surface area contributed by atoms with E-state index in [9.17, 15) is 4.79 Å². The topological polar surface area (TPSA) is 38.8 Å². The number of hydrogen-bond acceptors (Lipinski definition) is 3. The van der Waals surface area contributed by atoms with E-state index in [2.05, 4.69) is 15.9 Å².